The van der Waals surface area contributed by atoms with Crippen molar-refractivity contribution in [3.63, 3.8) is 0 Å². The van der Waals surface area contributed by atoms with E-state index in [1.54, 1.807) is 0 Å². The zero-order valence-electron chi connectivity index (χ0n) is 16.6. The number of ether oxygens (including phenoxy) is 2. The molecule has 0 heterocycles. The molecule has 1 aliphatic carbocycles. The molecule has 0 spiro atoms. The lowest BCUT2D eigenvalue weighted by Crippen LogP contribution is -2.45. The minimum Gasteiger partial charge on any atom is -0.465 e. The van der Waals surface area contributed by atoms with Gasteiger partial charge in [0, 0.05) is 0 Å². The van der Waals surface area contributed by atoms with Gasteiger partial charge in [-0.25, -0.2) is 0 Å². The topological polar surface area (TPSA) is 35.5 Å². The van der Waals surface area contributed by atoms with Gasteiger partial charge in [-0.05, 0) is 43.2 Å². The normalized spacial score (nSPS) is 22.1. The van der Waals surface area contributed by atoms with Crippen molar-refractivity contribution in [2.24, 2.45) is 5.92 Å². The molecule has 3 rings (SSSR count). The molecule has 1 fully saturated rings. The Kier molecular flexibility index (Phi) is 6.33. The number of carbonyl (C=O) groups excluding carboxylic acids is 1. The maximum Gasteiger partial charge on any atom is 0.319 e. The fourth-order valence-electron chi connectivity index (χ4n) is 3.87. The van der Waals surface area contributed by atoms with Crippen LogP contribution in [-0.2, 0) is 26.3 Å². The molecular formula is C24H30O3. The Bertz CT molecular complexity index is 736. The number of benzene rings is 2. The van der Waals surface area contributed by atoms with E-state index in [1.165, 1.54) is 5.56 Å². The first-order chi connectivity index (χ1) is 13.0. The van der Waals surface area contributed by atoms with Crippen LogP contribution in [0, 0.1) is 12.8 Å². The molecule has 0 aromatic heterocycles. The van der Waals surface area contributed by atoms with Gasteiger partial charge in [0.15, 0.2) is 0 Å². The average molecular weight is 367 g/mol. The van der Waals surface area contributed by atoms with Crippen LogP contribution in [0.2, 0.25) is 0 Å². The summed E-state index contributed by atoms with van der Waals surface area (Å²) in [4.78, 5) is 13.2. The van der Waals surface area contributed by atoms with Gasteiger partial charge in [0.2, 0.25) is 0 Å². The molecule has 2 aromatic rings. The van der Waals surface area contributed by atoms with E-state index in [9.17, 15) is 4.79 Å². The Labute approximate surface area is 162 Å². The first kappa shape index (κ1) is 19.6. The van der Waals surface area contributed by atoms with Gasteiger partial charge >= 0.3 is 5.97 Å². The molecule has 0 amide bonds. The van der Waals surface area contributed by atoms with Gasteiger partial charge < -0.3 is 9.47 Å². The molecule has 2 unspecified atom stereocenters. The lowest BCUT2D eigenvalue weighted by molar-refractivity contribution is -0.158. The summed E-state index contributed by atoms with van der Waals surface area (Å²) in [5, 5.41) is 0. The third-order valence-electron chi connectivity index (χ3n) is 5.36. The summed E-state index contributed by atoms with van der Waals surface area (Å²) in [5.74, 6) is 0.170. The monoisotopic (exact) mass is 366 g/mol. The van der Waals surface area contributed by atoms with E-state index in [0.717, 1.165) is 30.4 Å². The Morgan fingerprint density at radius 3 is 2.48 bits per heavy atom. The fraction of sp³-hybridized carbons (Fsp3) is 0.458. The second kappa shape index (κ2) is 8.71. The number of esters is 1. The Morgan fingerprint density at radius 2 is 1.81 bits per heavy atom. The second-order valence-corrected chi connectivity index (χ2v) is 8.01. The van der Waals surface area contributed by atoms with E-state index in [0.29, 0.717) is 19.1 Å². The van der Waals surface area contributed by atoms with Crippen molar-refractivity contribution in [1.29, 1.82) is 0 Å². The zero-order chi connectivity index (χ0) is 19.3. The van der Waals surface area contributed by atoms with Crippen LogP contribution >= 0.6 is 0 Å². The predicted molar refractivity (Wildman–Crippen MR) is 108 cm³/mol. The molecule has 3 nitrogen and oxygen atoms in total. The SMILES string of the molecule is Cc1ccc(COC2CCCC2(C(=O)OCC(C)C)c2ccccc2)cc1. The molecule has 0 aliphatic heterocycles. The summed E-state index contributed by atoms with van der Waals surface area (Å²) >= 11 is 0. The van der Waals surface area contributed by atoms with Gasteiger partial charge in [-0.2, -0.15) is 0 Å². The molecule has 3 heteroatoms. The molecule has 0 saturated heterocycles. The number of carbonyl (C=O) groups is 1. The summed E-state index contributed by atoms with van der Waals surface area (Å²) < 4.78 is 12.1. The van der Waals surface area contributed by atoms with Gasteiger partial charge in [-0.3, -0.25) is 4.79 Å². The smallest absolute Gasteiger partial charge is 0.319 e. The molecule has 0 radical (unpaired) electrons. The highest BCUT2D eigenvalue weighted by atomic mass is 16.5. The largest absolute Gasteiger partial charge is 0.465 e. The van der Waals surface area contributed by atoms with Crippen molar-refractivity contribution in [1.82, 2.24) is 0 Å². The van der Waals surface area contributed by atoms with Crippen LogP contribution in [0.15, 0.2) is 54.6 Å². The molecule has 0 bridgehead atoms. The van der Waals surface area contributed by atoms with Gasteiger partial charge in [-0.15, -0.1) is 0 Å². The summed E-state index contributed by atoms with van der Waals surface area (Å²) in [7, 11) is 0. The van der Waals surface area contributed by atoms with E-state index in [-0.39, 0.29) is 12.1 Å². The van der Waals surface area contributed by atoms with Crippen molar-refractivity contribution < 1.29 is 14.3 Å². The minimum absolute atomic E-state index is 0.145. The van der Waals surface area contributed by atoms with Crippen LogP contribution in [0.4, 0.5) is 0 Å². The standard InChI is InChI=1S/C24H30O3/c1-18(2)16-27-23(25)24(21-8-5-4-6-9-21)15-7-10-22(24)26-17-20-13-11-19(3)12-14-20/h4-6,8-9,11-14,18,22H,7,10,15-17H2,1-3H3. The molecule has 1 saturated carbocycles. The van der Waals surface area contributed by atoms with Crippen LogP contribution in [0.25, 0.3) is 0 Å². The van der Waals surface area contributed by atoms with Crippen LogP contribution in [0.3, 0.4) is 0 Å². The molecular weight excluding hydrogens is 336 g/mol. The van der Waals surface area contributed by atoms with Gasteiger partial charge in [0.25, 0.3) is 0 Å². The number of hydrogen-bond donors (Lipinski definition) is 0. The first-order valence-corrected chi connectivity index (χ1v) is 9.92. The zero-order valence-corrected chi connectivity index (χ0v) is 16.6. The van der Waals surface area contributed by atoms with Crippen LogP contribution < -0.4 is 0 Å². The lowest BCUT2D eigenvalue weighted by Gasteiger charge is -2.34. The first-order valence-electron chi connectivity index (χ1n) is 9.92. The van der Waals surface area contributed by atoms with E-state index in [4.69, 9.17) is 9.47 Å². The molecule has 144 valence electrons. The van der Waals surface area contributed by atoms with E-state index >= 15 is 0 Å². The third-order valence-corrected chi connectivity index (χ3v) is 5.36. The molecule has 0 N–H and O–H groups in total. The van der Waals surface area contributed by atoms with E-state index in [2.05, 4.69) is 45.0 Å². The van der Waals surface area contributed by atoms with Crippen LogP contribution in [0.5, 0.6) is 0 Å². The van der Waals surface area contributed by atoms with E-state index < -0.39 is 5.41 Å². The summed E-state index contributed by atoms with van der Waals surface area (Å²) in [6, 6.07) is 18.4. The third kappa shape index (κ3) is 4.41. The molecule has 2 aromatic carbocycles. The van der Waals surface area contributed by atoms with Crippen molar-refractivity contribution in [2.75, 3.05) is 6.61 Å². The highest BCUT2D eigenvalue weighted by Gasteiger charge is 2.52. The van der Waals surface area contributed by atoms with Gasteiger partial charge in [0.05, 0.1) is 19.3 Å². The van der Waals surface area contributed by atoms with Gasteiger partial charge in [-0.1, -0.05) is 74.0 Å². The Morgan fingerprint density at radius 1 is 1.11 bits per heavy atom. The summed E-state index contributed by atoms with van der Waals surface area (Å²) in [5.41, 5.74) is 2.66. The maximum atomic E-state index is 13.2. The molecule has 27 heavy (non-hydrogen) atoms. The molecule has 2 atom stereocenters. The second-order valence-electron chi connectivity index (χ2n) is 8.01. The Hall–Kier alpha value is -2.13. The predicted octanol–water partition coefficient (Wildman–Crippen LogP) is 5.20. The van der Waals surface area contributed by atoms with Crippen molar-refractivity contribution in [3.8, 4) is 0 Å². The van der Waals surface area contributed by atoms with Crippen molar-refractivity contribution >= 4 is 5.97 Å². The van der Waals surface area contributed by atoms with E-state index in [1.807, 2.05) is 30.3 Å². The van der Waals surface area contributed by atoms with Crippen molar-refractivity contribution in [2.45, 2.75) is 58.2 Å². The Balaban J connectivity index is 1.83. The summed E-state index contributed by atoms with van der Waals surface area (Å²) in [6.45, 7) is 7.15. The average Bonchev–Trinajstić information content (AvgIpc) is 3.11. The maximum absolute atomic E-state index is 13.2. The van der Waals surface area contributed by atoms with Crippen LogP contribution in [-0.4, -0.2) is 18.7 Å². The molecule has 1 aliphatic rings. The summed E-state index contributed by atoms with van der Waals surface area (Å²) in [6.07, 6.45) is 2.44. The number of hydrogen-bond acceptors (Lipinski definition) is 3. The quantitative estimate of drug-likeness (QED) is 0.632. The number of rotatable bonds is 7. The number of aryl methyl sites for hydroxylation is 1. The van der Waals surface area contributed by atoms with Crippen molar-refractivity contribution in [3.05, 3.63) is 71.3 Å². The fourth-order valence-corrected chi connectivity index (χ4v) is 3.87. The van der Waals surface area contributed by atoms with Gasteiger partial charge in [0.1, 0.15) is 5.41 Å². The van der Waals surface area contributed by atoms with Crippen LogP contribution in [0.1, 0.15) is 49.8 Å². The highest BCUT2D eigenvalue weighted by molar-refractivity contribution is 5.84. The highest BCUT2D eigenvalue weighted by Crippen LogP contribution is 2.44. The lowest BCUT2D eigenvalue weighted by atomic mass is 9.77. The minimum atomic E-state index is -0.707.